The standard InChI is InChI=1S/C20H25ClN2O4/c1-5-26-19-11-15(9-16(21)20(19)27-6-2)13-23-22-12-14-7-8-17(24-3)18(10-14)25-4/h7-11,13,22H,5-6,12H2,1-4H3/b23-13-. The first-order chi connectivity index (χ1) is 13.1. The van der Waals surface area contributed by atoms with Crippen LogP contribution in [0.5, 0.6) is 23.0 Å². The number of methoxy groups -OCH3 is 2. The van der Waals surface area contributed by atoms with Crippen LogP contribution in [0, 0.1) is 0 Å². The summed E-state index contributed by atoms with van der Waals surface area (Å²) in [5, 5.41) is 4.74. The van der Waals surface area contributed by atoms with Crippen LogP contribution < -0.4 is 24.4 Å². The number of nitrogens with zero attached hydrogens (tertiary/aromatic N) is 1. The van der Waals surface area contributed by atoms with Crippen LogP contribution in [-0.2, 0) is 6.54 Å². The molecular weight excluding hydrogens is 368 g/mol. The number of ether oxygens (including phenoxy) is 4. The minimum absolute atomic E-state index is 0.490. The lowest BCUT2D eigenvalue weighted by Gasteiger charge is -2.13. The third kappa shape index (κ3) is 5.69. The van der Waals surface area contributed by atoms with Crippen molar-refractivity contribution in [3.05, 3.63) is 46.5 Å². The Bertz CT molecular complexity index is 781. The van der Waals surface area contributed by atoms with Crippen LogP contribution in [0.25, 0.3) is 0 Å². The summed E-state index contributed by atoms with van der Waals surface area (Å²) in [6.07, 6.45) is 1.69. The second-order valence-electron chi connectivity index (χ2n) is 5.48. The van der Waals surface area contributed by atoms with Gasteiger partial charge in [0.05, 0.1) is 45.2 Å². The maximum atomic E-state index is 6.31. The number of hydrogen-bond donors (Lipinski definition) is 1. The Morgan fingerprint density at radius 2 is 1.70 bits per heavy atom. The van der Waals surface area contributed by atoms with Crippen molar-refractivity contribution in [3.8, 4) is 23.0 Å². The molecule has 2 rings (SSSR count). The fourth-order valence-electron chi connectivity index (χ4n) is 2.46. The number of benzene rings is 2. The van der Waals surface area contributed by atoms with Gasteiger partial charge < -0.3 is 24.4 Å². The van der Waals surface area contributed by atoms with Crippen molar-refractivity contribution in [2.75, 3.05) is 27.4 Å². The third-order valence-corrected chi connectivity index (χ3v) is 3.94. The predicted octanol–water partition coefficient (Wildman–Crippen LogP) is 4.28. The van der Waals surface area contributed by atoms with Gasteiger partial charge in [0.25, 0.3) is 0 Å². The van der Waals surface area contributed by atoms with E-state index in [0.717, 1.165) is 11.1 Å². The minimum atomic E-state index is 0.490. The van der Waals surface area contributed by atoms with E-state index in [-0.39, 0.29) is 0 Å². The second-order valence-corrected chi connectivity index (χ2v) is 5.89. The van der Waals surface area contributed by atoms with Gasteiger partial charge in [0.15, 0.2) is 23.0 Å². The van der Waals surface area contributed by atoms with Crippen LogP contribution >= 0.6 is 11.6 Å². The van der Waals surface area contributed by atoms with Gasteiger partial charge in [-0.1, -0.05) is 17.7 Å². The zero-order valence-electron chi connectivity index (χ0n) is 16.0. The Balaban J connectivity index is 2.05. The van der Waals surface area contributed by atoms with Gasteiger partial charge >= 0.3 is 0 Å². The van der Waals surface area contributed by atoms with E-state index < -0.39 is 0 Å². The maximum absolute atomic E-state index is 6.31. The molecule has 0 atom stereocenters. The number of nitrogens with one attached hydrogen (secondary N) is 1. The maximum Gasteiger partial charge on any atom is 0.179 e. The topological polar surface area (TPSA) is 61.3 Å². The van der Waals surface area contributed by atoms with E-state index in [1.807, 2.05) is 38.1 Å². The van der Waals surface area contributed by atoms with Crippen LogP contribution in [0.4, 0.5) is 0 Å². The highest BCUT2D eigenvalue weighted by Gasteiger charge is 2.11. The molecule has 0 aliphatic heterocycles. The average molecular weight is 393 g/mol. The Labute approximate surface area is 165 Å². The molecule has 6 nitrogen and oxygen atoms in total. The van der Waals surface area contributed by atoms with Crippen molar-refractivity contribution in [2.24, 2.45) is 5.10 Å². The molecule has 2 aromatic rings. The zero-order chi connectivity index (χ0) is 19.6. The molecule has 0 fully saturated rings. The molecule has 0 unspecified atom stereocenters. The normalized spacial score (nSPS) is 10.7. The van der Waals surface area contributed by atoms with E-state index in [0.29, 0.717) is 47.8 Å². The molecule has 0 spiro atoms. The van der Waals surface area contributed by atoms with Gasteiger partial charge in [-0.2, -0.15) is 5.10 Å². The zero-order valence-corrected chi connectivity index (χ0v) is 16.8. The summed E-state index contributed by atoms with van der Waals surface area (Å²) in [7, 11) is 3.22. The van der Waals surface area contributed by atoms with Crippen molar-refractivity contribution < 1.29 is 18.9 Å². The molecule has 27 heavy (non-hydrogen) atoms. The summed E-state index contributed by atoms with van der Waals surface area (Å²) in [6, 6.07) is 9.35. The van der Waals surface area contributed by atoms with Gasteiger partial charge in [-0.3, -0.25) is 0 Å². The van der Waals surface area contributed by atoms with Gasteiger partial charge in [-0.15, -0.1) is 0 Å². The Kier molecular flexibility index (Phi) is 8.07. The van der Waals surface area contributed by atoms with Gasteiger partial charge in [0.2, 0.25) is 0 Å². The van der Waals surface area contributed by atoms with Crippen molar-refractivity contribution in [1.82, 2.24) is 5.43 Å². The van der Waals surface area contributed by atoms with E-state index in [1.165, 1.54) is 0 Å². The van der Waals surface area contributed by atoms with Crippen LogP contribution in [0.2, 0.25) is 5.02 Å². The van der Waals surface area contributed by atoms with Crippen molar-refractivity contribution in [2.45, 2.75) is 20.4 Å². The van der Waals surface area contributed by atoms with Crippen LogP contribution in [-0.4, -0.2) is 33.6 Å². The van der Waals surface area contributed by atoms with Crippen LogP contribution in [0.3, 0.4) is 0 Å². The highest BCUT2D eigenvalue weighted by atomic mass is 35.5. The largest absolute Gasteiger partial charge is 0.493 e. The molecular formula is C20H25ClN2O4. The summed E-state index contributed by atoms with van der Waals surface area (Å²) in [4.78, 5) is 0. The molecule has 1 N–H and O–H groups in total. The van der Waals surface area contributed by atoms with Crippen molar-refractivity contribution >= 4 is 17.8 Å². The molecule has 0 saturated carbocycles. The molecule has 0 bridgehead atoms. The van der Waals surface area contributed by atoms with Gasteiger partial charge in [-0.25, -0.2) is 0 Å². The van der Waals surface area contributed by atoms with E-state index in [1.54, 1.807) is 26.5 Å². The Morgan fingerprint density at radius 3 is 2.37 bits per heavy atom. The molecule has 0 aliphatic carbocycles. The van der Waals surface area contributed by atoms with E-state index in [4.69, 9.17) is 30.5 Å². The van der Waals surface area contributed by atoms with Gasteiger partial charge in [-0.05, 0) is 49.2 Å². The lowest BCUT2D eigenvalue weighted by molar-refractivity contribution is 0.288. The molecule has 0 saturated heterocycles. The second kappa shape index (κ2) is 10.5. The molecule has 0 amide bonds. The summed E-state index contributed by atoms with van der Waals surface area (Å²) < 4.78 is 21.7. The van der Waals surface area contributed by atoms with Gasteiger partial charge in [0, 0.05) is 0 Å². The van der Waals surface area contributed by atoms with E-state index >= 15 is 0 Å². The highest BCUT2D eigenvalue weighted by Crippen LogP contribution is 2.36. The molecule has 0 heterocycles. The first-order valence-electron chi connectivity index (χ1n) is 8.68. The lowest BCUT2D eigenvalue weighted by Crippen LogP contribution is -2.06. The molecule has 0 aliphatic rings. The number of rotatable bonds is 10. The average Bonchev–Trinajstić information content (AvgIpc) is 2.68. The Hall–Kier alpha value is -2.60. The SMILES string of the molecule is CCOc1cc(/C=N\NCc2ccc(OC)c(OC)c2)cc(Cl)c1OCC. The third-order valence-electron chi connectivity index (χ3n) is 3.66. The molecule has 7 heteroatoms. The quantitative estimate of drug-likeness (QED) is 0.483. The number of hydrazone groups is 1. The summed E-state index contributed by atoms with van der Waals surface area (Å²) in [6.45, 7) is 5.39. The molecule has 0 radical (unpaired) electrons. The van der Waals surface area contributed by atoms with Crippen LogP contribution in [0.1, 0.15) is 25.0 Å². The summed E-state index contributed by atoms with van der Waals surface area (Å²) in [5.41, 5.74) is 4.84. The first-order valence-corrected chi connectivity index (χ1v) is 9.06. The van der Waals surface area contributed by atoms with Crippen molar-refractivity contribution in [3.63, 3.8) is 0 Å². The molecule has 146 valence electrons. The predicted molar refractivity (Wildman–Crippen MR) is 108 cm³/mol. The minimum Gasteiger partial charge on any atom is -0.493 e. The Morgan fingerprint density at radius 1 is 0.963 bits per heavy atom. The first kappa shape index (κ1) is 20.7. The molecule has 0 aromatic heterocycles. The van der Waals surface area contributed by atoms with Crippen LogP contribution in [0.15, 0.2) is 35.4 Å². The summed E-state index contributed by atoms with van der Waals surface area (Å²) >= 11 is 6.31. The molecule has 2 aromatic carbocycles. The highest BCUT2D eigenvalue weighted by molar-refractivity contribution is 6.32. The lowest BCUT2D eigenvalue weighted by atomic mass is 10.2. The fraction of sp³-hybridized carbons (Fsp3) is 0.350. The number of halogens is 1. The summed E-state index contributed by atoms with van der Waals surface area (Å²) in [5.74, 6) is 2.53. The van der Waals surface area contributed by atoms with E-state index in [2.05, 4.69) is 10.5 Å². The monoisotopic (exact) mass is 392 g/mol. The smallest absolute Gasteiger partial charge is 0.179 e. The number of hydrogen-bond acceptors (Lipinski definition) is 6. The van der Waals surface area contributed by atoms with E-state index in [9.17, 15) is 0 Å². The van der Waals surface area contributed by atoms with Gasteiger partial charge in [0.1, 0.15) is 0 Å². The van der Waals surface area contributed by atoms with Crippen molar-refractivity contribution in [1.29, 1.82) is 0 Å². The fourth-order valence-corrected chi connectivity index (χ4v) is 2.73.